The van der Waals surface area contributed by atoms with Crippen LogP contribution in [-0.4, -0.2) is 29.1 Å². The number of rotatable bonds is 8. The van der Waals surface area contributed by atoms with E-state index in [0.717, 1.165) is 22.0 Å². The molecule has 0 fully saturated rings. The SMILES string of the molecule is CN[C@@H](Cc1c[nH]c2ccccc12)C(=O)NCc1ccc(Oc2ccc(O)cc2Cl)cc1. The van der Waals surface area contributed by atoms with Crippen LogP contribution in [0, 0.1) is 0 Å². The standard InChI is InChI=1S/C25H24ClN3O3/c1-27-23(12-17-15-28-22-5-3-2-4-20(17)22)25(31)29-14-16-6-9-19(10-7-16)32-24-11-8-18(30)13-21(24)26/h2-11,13,15,23,27-28,30H,12,14H2,1H3,(H,29,31)/t23-/m0/s1. The number of nitrogens with one attached hydrogen (secondary N) is 3. The Bertz CT molecular complexity index is 1220. The molecule has 1 amide bonds. The number of benzene rings is 3. The fourth-order valence-corrected chi connectivity index (χ4v) is 3.75. The van der Waals surface area contributed by atoms with Gasteiger partial charge >= 0.3 is 0 Å². The summed E-state index contributed by atoms with van der Waals surface area (Å²) in [5.74, 6) is 1.09. The van der Waals surface area contributed by atoms with E-state index in [4.69, 9.17) is 16.3 Å². The highest BCUT2D eigenvalue weighted by molar-refractivity contribution is 6.32. The van der Waals surface area contributed by atoms with Gasteiger partial charge in [0.05, 0.1) is 11.1 Å². The van der Waals surface area contributed by atoms with Gasteiger partial charge in [-0.25, -0.2) is 0 Å². The van der Waals surface area contributed by atoms with Gasteiger partial charge in [0.15, 0.2) is 0 Å². The molecule has 0 spiro atoms. The second-order valence-corrected chi connectivity index (χ2v) is 7.89. The van der Waals surface area contributed by atoms with Crippen LogP contribution in [0.4, 0.5) is 0 Å². The Morgan fingerprint density at radius 3 is 2.66 bits per heavy atom. The summed E-state index contributed by atoms with van der Waals surface area (Å²) in [7, 11) is 1.79. The molecule has 7 heteroatoms. The number of H-pyrrole nitrogens is 1. The number of carbonyl (C=O) groups excluding carboxylic acids is 1. The van der Waals surface area contributed by atoms with E-state index in [1.165, 1.54) is 12.1 Å². The molecular formula is C25H24ClN3O3. The van der Waals surface area contributed by atoms with Crippen molar-refractivity contribution in [3.8, 4) is 17.2 Å². The number of carbonyl (C=O) groups is 1. The molecule has 32 heavy (non-hydrogen) atoms. The molecule has 0 radical (unpaired) electrons. The molecule has 0 bridgehead atoms. The number of hydrogen-bond donors (Lipinski definition) is 4. The van der Waals surface area contributed by atoms with E-state index in [2.05, 4.69) is 21.7 Å². The monoisotopic (exact) mass is 449 g/mol. The Morgan fingerprint density at radius 2 is 1.91 bits per heavy atom. The maximum Gasteiger partial charge on any atom is 0.237 e. The largest absolute Gasteiger partial charge is 0.508 e. The van der Waals surface area contributed by atoms with Crippen LogP contribution in [0.2, 0.25) is 5.02 Å². The summed E-state index contributed by atoms with van der Waals surface area (Å²) in [6.45, 7) is 0.408. The Morgan fingerprint density at radius 1 is 1.12 bits per heavy atom. The molecule has 4 N–H and O–H groups in total. The lowest BCUT2D eigenvalue weighted by molar-refractivity contribution is -0.123. The third kappa shape index (κ3) is 5.04. The van der Waals surface area contributed by atoms with E-state index in [-0.39, 0.29) is 17.7 Å². The number of ether oxygens (including phenoxy) is 1. The molecular weight excluding hydrogens is 426 g/mol. The summed E-state index contributed by atoms with van der Waals surface area (Å²) in [6, 6.07) is 19.7. The van der Waals surface area contributed by atoms with Crippen LogP contribution in [0.15, 0.2) is 72.9 Å². The van der Waals surface area contributed by atoms with Crippen LogP contribution in [0.5, 0.6) is 17.2 Å². The van der Waals surface area contributed by atoms with E-state index in [9.17, 15) is 9.90 Å². The minimum absolute atomic E-state index is 0.0611. The molecule has 0 aliphatic rings. The highest BCUT2D eigenvalue weighted by Crippen LogP contribution is 2.32. The molecule has 1 heterocycles. The molecule has 1 atom stereocenters. The summed E-state index contributed by atoms with van der Waals surface area (Å²) in [5, 5.41) is 17.0. The van der Waals surface area contributed by atoms with Crippen LogP contribution in [0.3, 0.4) is 0 Å². The Kier molecular flexibility index (Phi) is 6.63. The molecule has 164 valence electrons. The lowest BCUT2D eigenvalue weighted by Gasteiger charge is -2.16. The number of phenols is 1. The summed E-state index contributed by atoms with van der Waals surface area (Å²) >= 11 is 6.08. The number of aromatic amines is 1. The van der Waals surface area contributed by atoms with Crippen LogP contribution in [0.1, 0.15) is 11.1 Å². The van der Waals surface area contributed by atoms with Crippen LogP contribution < -0.4 is 15.4 Å². The van der Waals surface area contributed by atoms with Crippen LogP contribution >= 0.6 is 11.6 Å². The zero-order valence-corrected chi connectivity index (χ0v) is 18.3. The maximum absolute atomic E-state index is 12.7. The summed E-state index contributed by atoms with van der Waals surface area (Å²) in [4.78, 5) is 16.0. The molecule has 0 saturated carbocycles. The molecule has 1 aromatic heterocycles. The van der Waals surface area contributed by atoms with Gasteiger partial charge < -0.3 is 25.5 Å². The van der Waals surface area contributed by atoms with Crippen LogP contribution in [0.25, 0.3) is 10.9 Å². The first-order chi connectivity index (χ1) is 15.5. The first kappa shape index (κ1) is 21.7. The lowest BCUT2D eigenvalue weighted by Crippen LogP contribution is -2.43. The van der Waals surface area contributed by atoms with Crippen molar-refractivity contribution in [2.75, 3.05) is 7.05 Å². The van der Waals surface area contributed by atoms with Crippen molar-refractivity contribution in [3.05, 3.63) is 89.1 Å². The van der Waals surface area contributed by atoms with Crippen LogP contribution in [-0.2, 0) is 17.8 Å². The lowest BCUT2D eigenvalue weighted by atomic mass is 10.0. The van der Waals surface area contributed by atoms with Crippen molar-refractivity contribution in [2.45, 2.75) is 19.0 Å². The molecule has 4 rings (SSSR count). The minimum atomic E-state index is -0.339. The number of amides is 1. The second-order valence-electron chi connectivity index (χ2n) is 7.48. The third-order valence-electron chi connectivity index (χ3n) is 5.30. The average Bonchev–Trinajstić information content (AvgIpc) is 3.21. The van der Waals surface area contributed by atoms with Gasteiger partial charge in [-0.3, -0.25) is 4.79 Å². The van der Waals surface area contributed by atoms with Crippen molar-refractivity contribution >= 4 is 28.4 Å². The highest BCUT2D eigenvalue weighted by Gasteiger charge is 2.18. The van der Waals surface area contributed by atoms with E-state index >= 15 is 0 Å². The fraction of sp³-hybridized carbons (Fsp3) is 0.160. The van der Waals surface area contributed by atoms with Gasteiger partial charge in [-0.1, -0.05) is 41.9 Å². The summed E-state index contributed by atoms with van der Waals surface area (Å²) in [6.07, 6.45) is 2.55. The minimum Gasteiger partial charge on any atom is -0.508 e. The zero-order valence-electron chi connectivity index (χ0n) is 17.6. The molecule has 0 saturated heterocycles. The molecule has 0 aliphatic heterocycles. The van der Waals surface area contributed by atoms with Gasteiger partial charge in [0.1, 0.15) is 17.2 Å². The quantitative estimate of drug-likeness (QED) is 0.312. The van der Waals surface area contributed by atoms with Crippen molar-refractivity contribution in [1.82, 2.24) is 15.6 Å². The van der Waals surface area contributed by atoms with Gasteiger partial charge in [0.25, 0.3) is 0 Å². The number of aromatic nitrogens is 1. The number of hydrogen-bond acceptors (Lipinski definition) is 4. The van der Waals surface area contributed by atoms with E-state index < -0.39 is 0 Å². The Balaban J connectivity index is 1.34. The number of likely N-dealkylation sites (N-methyl/N-ethyl adjacent to an activating group) is 1. The van der Waals surface area contributed by atoms with Gasteiger partial charge in [-0.2, -0.15) is 0 Å². The normalized spacial score (nSPS) is 11.9. The maximum atomic E-state index is 12.7. The average molecular weight is 450 g/mol. The van der Waals surface area contributed by atoms with Gasteiger partial charge in [0, 0.05) is 29.7 Å². The van der Waals surface area contributed by atoms with Crippen molar-refractivity contribution in [1.29, 1.82) is 0 Å². The number of aromatic hydroxyl groups is 1. The number of phenolic OH excluding ortho intramolecular Hbond substituents is 1. The van der Waals surface area contributed by atoms with E-state index in [1.54, 1.807) is 13.1 Å². The predicted octanol–water partition coefficient (Wildman–Crippen LogP) is 4.77. The Hall–Kier alpha value is -3.48. The predicted molar refractivity (Wildman–Crippen MR) is 126 cm³/mol. The molecule has 4 aromatic rings. The summed E-state index contributed by atoms with van der Waals surface area (Å²) < 4.78 is 5.75. The Labute approximate surface area is 191 Å². The first-order valence-corrected chi connectivity index (χ1v) is 10.7. The first-order valence-electron chi connectivity index (χ1n) is 10.3. The smallest absolute Gasteiger partial charge is 0.237 e. The van der Waals surface area contributed by atoms with E-state index in [0.29, 0.717) is 29.5 Å². The van der Waals surface area contributed by atoms with Crippen molar-refractivity contribution in [2.24, 2.45) is 0 Å². The molecule has 3 aromatic carbocycles. The highest BCUT2D eigenvalue weighted by atomic mass is 35.5. The molecule has 6 nitrogen and oxygen atoms in total. The number of halogens is 1. The number of fused-ring (bicyclic) bond motifs is 1. The fourth-order valence-electron chi connectivity index (χ4n) is 3.53. The van der Waals surface area contributed by atoms with Gasteiger partial charge in [-0.05, 0) is 54.9 Å². The molecule has 0 unspecified atom stereocenters. The van der Waals surface area contributed by atoms with Crippen molar-refractivity contribution < 1.29 is 14.6 Å². The topological polar surface area (TPSA) is 86.4 Å². The van der Waals surface area contributed by atoms with E-state index in [1.807, 2.05) is 48.7 Å². The summed E-state index contributed by atoms with van der Waals surface area (Å²) in [5.41, 5.74) is 3.11. The molecule has 0 aliphatic carbocycles. The van der Waals surface area contributed by atoms with Crippen molar-refractivity contribution in [3.63, 3.8) is 0 Å². The zero-order chi connectivity index (χ0) is 22.5. The second kappa shape index (κ2) is 9.77. The number of para-hydroxylation sites is 1. The third-order valence-corrected chi connectivity index (χ3v) is 5.59. The van der Waals surface area contributed by atoms with Gasteiger partial charge in [0.2, 0.25) is 5.91 Å². The van der Waals surface area contributed by atoms with Gasteiger partial charge in [-0.15, -0.1) is 0 Å².